The van der Waals surface area contributed by atoms with Crippen LogP contribution in [-0.2, 0) is 6.42 Å². The number of benzene rings is 3. The number of fused-ring (bicyclic) bond motifs is 1. The number of anilines is 1. The number of aromatic nitrogens is 1. The van der Waals surface area contributed by atoms with Crippen LogP contribution in [0.3, 0.4) is 0 Å². The highest BCUT2D eigenvalue weighted by atomic mass is 79.9. The number of hydrogen-bond donors (Lipinski definition) is 1. The van der Waals surface area contributed by atoms with Crippen LogP contribution in [0.2, 0.25) is 0 Å². The molecule has 0 saturated heterocycles. The molecule has 31 heavy (non-hydrogen) atoms. The van der Waals surface area contributed by atoms with Crippen molar-refractivity contribution in [1.29, 1.82) is 0 Å². The lowest BCUT2D eigenvalue weighted by Gasteiger charge is -2.10. The second kappa shape index (κ2) is 8.81. The first-order chi connectivity index (χ1) is 15.0. The molecule has 1 N–H and O–H groups in total. The molecular formula is C24H21BrN2O4. The second-order valence-corrected chi connectivity index (χ2v) is 7.75. The first-order valence-electron chi connectivity index (χ1n) is 9.75. The largest absolute Gasteiger partial charge is 0.493 e. The molecule has 0 aliphatic carbocycles. The first kappa shape index (κ1) is 20.9. The minimum atomic E-state index is -0.244. The molecule has 1 heterocycles. The third-order valence-electron chi connectivity index (χ3n) is 4.95. The average molecular weight is 481 g/mol. The van der Waals surface area contributed by atoms with Gasteiger partial charge in [-0.25, -0.2) is 4.98 Å². The van der Waals surface area contributed by atoms with Gasteiger partial charge in [-0.05, 0) is 82.5 Å². The van der Waals surface area contributed by atoms with E-state index in [2.05, 4.69) is 33.2 Å². The molecule has 1 amide bonds. The number of carbonyl (C=O) groups excluding carboxylic acids is 1. The SMILES string of the molecule is CCc1cc(Br)c2oc(-c3ccc(NC(=O)c4ccc(OC)c(OC)c4)cc3)nc2c1. The van der Waals surface area contributed by atoms with Gasteiger partial charge in [0.2, 0.25) is 5.89 Å². The lowest BCUT2D eigenvalue weighted by Crippen LogP contribution is -2.12. The molecule has 0 fully saturated rings. The Balaban J connectivity index is 1.54. The summed E-state index contributed by atoms with van der Waals surface area (Å²) in [4.78, 5) is 17.2. The highest BCUT2D eigenvalue weighted by Crippen LogP contribution is 2.32. The molecule has 0 radical (unpaired) electrons. The van der Waals surface area contributed by atoms with Gasteiger partial charge >= 0.3 is 0 Å². The van der Waals surface area contributed by atoms with Gasteiger partial charge in [-0.3, -0.25) is 4.79 Å². The van der Waals surface area contributed by atoms with Gasteiger partial charge in [0.05, 0.1) is 18.7 Å². The van der Waals surface area contributed by atoms with Crippen LogP contribution in [-0.4, -0.2) is 25.1 Å². The molecule has 0 atom stereocenters. The normalized spacial score (nSPS) is 10.8. The van der Waals surface area contributed by atoms with Crippen LogP contribution in [0.5, 0.6) is 11.5 Å². The fraction of sp³-hybridized carbons (Fsp3) is 0.167. The molecule has 7 heteroatoms. The summed E-state index contributed by atoms with van der Waals surface area (Å²) in [6, 6.07) is 16.5. The monoisotopic (exact) mass is 480 g/mol. The van der Waals surface area contributed by atoms with E-state index in [-0.39, 0.29) is 5.91 Å². The Kier molecular flexibility index (Phi) is 5.95. The van der Waals surface area contributed by atoms with Gasteiger partial charge < -0.3 is 19.2 Å². The Hall–Kier alpha value is -3.32. The number of amides is 1. The third-order valence-corrected chi connectivity index (χ3v) is 5.54. The molecule has 0 bridgehead atoms. The zero-order valence-electron chi connectivity index (χ0n) is 17.4. The molecule has 0 spiro atoms. The van der Waals surface area contributed by atoms with Crippen LogP contribution >= 0.6 is 15.9 Å². The number of hydrogen-bond acceptors (Lipinski definition) is 5. The van der Waals surface area contributed by atoms with Gasteiger partial charge in [0, 0.05) is 16.8 Å². The predicted octanol–water partition coefficient (Wildman–Crippen LogP) is 6.09. The van der Waals surface area contributed by atoms with E-state index in [1.54, 1.807) is 25.3 Å². The van der Waals surface area contributed by atoms with Crippen LogP contribution < -0.4 is 14.8 Å². The van der Waals surface area contributed by atoms with Gasteiger partial charge in [-0.15, -0.1) is 0 Å². The topological polar surface area (TPSA) is 73.6 Å². The van der Waals surface area contributed by atoms with Crippen molar-refractivity contribution in [2.24, 2.45) is 0 Å². The van der Waals surface area contributed by atoms with Gasteiger partial charge in [-0.1, -0.05) is 6.92 Å². The van der Waals surface area contributed by atoms with Gasteiger partial charge in [0.15, 0.2) is 17.1 Å². The molecule has 0 unspecified atom stereocenters. The van der Waals surface area contributed by atoms with E-state index in [4.69, 9.17) is 13.9 Å². The third kappa shape index (κ3) is 4.27. The standard InChI is InChI=1S/C24H21BrN2O4/c1-4-14-11-18(25)22-19(12-14)27-24(31-22)15-5-8-17(9-6-15)26-23(28)16-7-10-20(29-2)21(13-16)30-3/h5-13H,4H2,1-3H3,(H,26,28). The van der Waals surface area contributed by atoms with Crippen molar-refractivity contribution in [1.82, 2.24) is 4.98 Å². The van der Waals surface area contributed by atoms with E-state index in [9.17, 15) is 4.79 Å². The van der Waals surface area contributed by atoms with Gasteiger partial charge in [0.1, 0.15) is 5.52 Å². The summed E-state index contributed by atoms with van der Waals surface area (Å²) in [5.41, 5.74) is 4.68. The summed E-state index contributed by atoms with van der Waals surface area (Å²) in [7, 11) is 3.09. The van der Waals surface area contributed by atoms with Crippen molar-refractivity contribution in [3.8, 4) is 23.0 Å². The number of aryl methyl sites for hydroxylation is 1. The number of rotatable bonds is 6. The maximum Gasteiger partial charge on any atom is 0.255 e. The van der Waals surface area contributed by atoms with Crippen molar-refractivity contribution in [2.75, 3.05) is 19.5 Å². The molecule has 158 valence electrons. The minimum Gasteiger partial charge on any atom is -0.493 e. The van der Waals surface area contributed by atoms with Gasteiger partial charge in [-0.2, -0.15) is 0 Å². The molecule has 0 aliphatic rings. The summed E-state index contributed by atoms with van der Waals surface area (Å²) in [5, 5.41) is 2.88. The Morgan fingerprint density at radius 2 is 1.77 bits per heavy atom. The Morgan fingerprint density at radius 1 is 1.03 bits per heavy atom. The van der Waals surface area contributed by atoms with Crippen molar-refractivity contribution in [3.05, 3.63) is 70.2 Å². The number of nitrogens with zero attached hydrogens (tertiary/aromatic N) is 1. The van der Waals surface area contributed by atoms with E-state index in [1.165, 1.54) is 12.7 Å². The summed E-state index contributed by atoms with van der Waals surface area (Å²) in [6.07, 6.45) is 0.922. The van der Waals surface area contributed by atoms with Crippen LogP contribution in [0.1, 0.15) is 22.8 Å². The average Bonchev–Trinajstić information content (AvgIpc) is 3.23. The maximum absolute atomic E-state index is 12.6. The molecule has 3 aromatic carbocycles. The number of oxazole rings is 1. The predicted molar refractivity (Wildman–Crippen MR) is 124 cm³/mol. The van der Waals surface area contributed by atoms with E-state index >= 15 is 0 Å². The fourth-order valence-corrected chi connectivity index (χ4v) is 3.83. The summed E-state index contributed by atoms with van der Waals surface area (Å²) < 4.78 is 17.3. The lowest BCUT2D eigenvalue weighted by molar-refractivity contribution is 0.102. The smallest absolute Gasteiger partial charge is 0.255 e. The van der Waals surface area contributed by atoms with E-state index < -0.39 is 0 Å². The fourth-order valence-electron chi connectivity index (χ4n) is 3.25. The Bertz CT molecular complexity index is 1250. The first-order valence-corrected chi connectivity index (χ1v) is 10.5. The summed E-state index contributed by atoms with van der Waals surface area (Å²) >= 11 is 3.56. The zero-order valence-corrected chi connectivity index (χ0v) is 18.9. The molecule has 0 saturated carbocycles. The van der Waals surface area contributed by atoms with Crippen LogP contribution in [0, 0.1) is 0 Å². The molecule has 6 nitrogen and oxygen atoms in total. The highest BCUT2D eigenvalue weighted by Gasteiger charge is 2.14. The van der Waals surface area contributed by atoms with Crippen molar-refractivity contribution in [3.63, 3.8) is 0 Å². The quantitative estimate of drug-likeness (QED) is 0.361. The van der Waals surface area contributed by atoms with Crippen molar-refractivity contribution in [2.45, 2.75) is 13.3 Å². The molecule has 1 aromatic heterocycles. The van der Waals surface area contributed by atoms with Crippen LogP contribution in [0.15, 0.2) is 63.5 Å². The highest BCUT2D eigenvalue weighted by molar-refractivity contribution is 9.10. The van der Waals surface area contributed by atoms with E-state index in [0.29, 0.717) is 28.6 Å². The van der Waals surface area contributed by atoms with E-state index in [0.717, 1.165) is 27.6 Å². The second-order valence-electron chi connectivity index (χ2n) is 6.90. The molecule has 4 rings (SSSR count). The Morgan fingerprint density at radius 3 is 2.45 bits per heavy atom. The maximum atomic E-state index is 12.6. The van der Waals surface area contributed by atoms with Crippen LogP contribution in [0.4, 0.5) is 5.69 Å². The molecule has 4 aromatic rings. The van der Waals surface area contributed by atoms with Crippen molar-refractivity contribution < 1.29 is 18.7 Å². The molecular weight excluding hydrogens is 460 g/mol. The summed E-state index contributed by atoms with van der Waals surface area (Å²) in [5.74, 6) is 1.35. The zero-order chi connectivity index (χ0) is 22.0. The van der Waals surface area contributed by atoms with Gasteiger partial charge in [0.25, 0.3) is 5.91 Å². The number of ether oxygens (including phenoxy) is 2. The lowest BCUT2D eigenvalue weighted by atomic mass is 10.1. The Labute approximate surface area is 188 Å². The minimum absolute atomic E-state index is 0.244. The van der Waals surface area contributed by atoms with Crippen molar-refractivity contribution >= 4 is 38.6 Å². The number of methoxy groups -OCH3 is 2. The number of halogens is 1. The molecule has 0 aliphatic heterocycles. The number of nitrogens with one attached hydrogen (secondary N) is 1. The number of carbonyl (C=O) groups is 1. The van der Waals surface area contributed by atoms with E-state index in [1.807, 2.05) is 36.4 Å². The van der Waals surface area contributed by atoms with Crippen LogP contribution in [0.25, 0.3) is 22.6 Å². The summed E-state index contributed by atoms with van der Waals surface area (Å²) in [6.45, 7) is 2.10.